The van der Waals surface area contributed by atoms with Crippen molar-refractivity contribution in [1.29, 1.82) is 0 Å². The number of guanidine groups is 1. The lowest BCUT2D eigenvalue weighted by atomic mass is 10.1. The monoisotopic (exact) mass is 367 g/mol. The average Bonchev–Trinajstić information content (AvgIpc) is 2.65. The zero-order chi connectivity index (χ0) is 18.8. The van der Waals surface area contributed by atoms with Gasteiger partial charge in [0, 0.05) is 40.0 Å². The number of hydrogen-bond acceptors (Lipinski definition) is 4. The predicted molar refractivity (Wildman–Crippen MR) is 99.9 cm³/mol. The van der Waals surface area contributed by atoms with Crippen molar-refractivity contribution in [2.45, 2.75) is 38.8 Å². The third-order valence-electron chi connectivity index (χ3n) is 4.35. The quantitative estimate of drug-likeness (QED) is 0.420. The number of ether oxygens (including phenoxy) is 2. The van der Waals surface area contributed by atoms with Gasteiger partial charge in [-0.05, 0) is 43.9 Å². The van der Waals surface area contributed by atoms with Gasteiger partial charge >= 0.3 is 0 Å². The van der Waals surface area contributed by atoms with E-state index in [1.807, 2.05) is 6.92 Å². The van der Waals surface area contributed by atoms with E-state index in [-0.39, 0.29) is 11.9 Å². The molecule has 6 nitrogen and oxygen atoms in total. The fourth-order valence-electron chi connectivity index (χ4n) is 2.93. The third kappa shape index (κ3) is 6.46. The molecule has 1 aliphatic rings. The SMILES string of the molecule is CCNC(=NCc1ccc(O)c(F)c1)N1CCC(OCCCOC)CC1. The Morgan fingerprint density at radius 2 is 2.12 bits per heavy atom. The normalized spacial score (nSPS) is 16.1. The lowest BCUT2D eigenvalue weighted by Crippen LogP contribution is -2.47. The number of aromatic hydroxyl groups is 1. The molecule has 0 radical (unpaired) electrons. The first-order valence-corrected chi connectivity index (χ1v) is 9.25. The summed E-state index contributed by atoms with van der Waals surface area (Å²) in [6, 6.07) is 4.37. The number of nitrogens with zero attached hydrogens (tertiary/aromatic N) is 2. The average molecular weight is 367 g/mol. The highest BCUT2D eigenvalue weighted by Crippen LogP contribution is 2.17. The molecule has 1 aromatic rings. The van der Waals surface area contributed by atoms with Crippen LogP contribution < -0.4 is 5.32 Å². The van der Waals surface area contributed by atoms with E-state index in [1.54, 1.807) is 13.2 Å². The van der Waals surface area contributed by atoms with Gasteiger partial charge in [0.25, 0.3) is 0 Å². The van der Waals surface area contributed by atoms with Crippen molar-refractivity contribution in [3.8, 4) is 5.75 Å². The van der Waals surface area contributed by atoms with E-state index in [1.165, 1.54) is 12.1 Å². The Morgan fingerprint density at radius 1 is 1.35 bits per heavy atom. The molecule has 0 atom stereocenters. The van der Waals surface area contributed by atoms with Crippen LogP contribution in [0.25, 0.3) is 0 Å². The van der Waals surface area contributed by atoms with Crippen LogP contribution in [0.2, 0.25) is 0 Å². The van der Waals surface area contributed by atoms with Gasteiger partial charge in [-0.15, -0.1) is 0 Å². The van der Waals surface area contributed by atoms with Crippen molar-refractivity contribution < 1.29 is 19.0 Å². The van der Waals surface area contributed by atoms with Crippen LogP contribution in [0.3, 0.4) is 0 Å². The van der Waals surface area contributed by atoms with Gasteiger partial charge < -0.3 is 24.8 Å². The standard InChI is InChI=1S/C19H30FN3O3/c1-3-21-19(22-14-15-5-6-18(24)17(20)13-15)23-9-7-16(8-10-23)26-12-4-11-25-2/h5-6,13,16,24H,3-4,7-12,14H2,1-2H3,(H,21,22). The van der Waals surface area contributed by atoms with Crippen LogP contribution in [0, 0.1) is 5.82 Å². The molecular formula is C19H30FN3O3. The molecule has 7 heteroatoms. The minimum Gasteiger partial charge on any atom is -0.505 e. The zero-order valence-corrected chi connectivity index (χ0v) is 15.7. The van der Waals surface area contributed by atoms with Gasteiger partial charge in [-0.3, -0.25) is 0 Å². The molecule has 146 valence electrons. The highest BCUT2D eigenvalue weighted by atomic mass is 19.1. The van der Waals surface area contributed by atoms with Crippen molar-refractivity contribution in [3.63, 3.8) is 0 Å². The second-order valence-corrected chi connectivity index (χ2v) is 6.36. The topological polar surface area (TPSA) is 66.3 Å². The van der Waals surface area contributed by atoms with E-state index in [0.29, 0.717) is 6.54 Å². The number of methoxy groups -OCH3 is 1. The maximum Gasteiger partial charge on any atom is 0.194 e. The molecule has 0 amide bonds. The van der Waals surface area contributed by atoms with Crippen molar-refractivity contribution in [2.24, 2.45) is 4.99 Å². The molecule has 1 fully saturated rings. The molecule has 0 aliphatic carbocycles. The van der Waals surface area contributed by atoms with Gasteiger partial charge in [-0.1, -0.05) is 6.07 Å². The number of piperidine rings is 1. The number of phenols is 1. The Bertz CT molecular complexity index is 575. The number of halogens is 1. The summed E-state index contributed by atoms with van der Waals surface area (Å²) in [5, 5.41) is 12.6. The molecule has 2 N–H and O–H groups in total. The van der Waals surface area contributed by atoms with Gasteiger partial charge in [0.1, 0.15) is 0 Å². The number of likely N-dealkylation sites (tertiary alicyclic amines) is 1. The first-order chi connectivity index (χ1) is 12.6. The largest absolute Gasteiger partial charge is 0.505 e. The van der Waals surface area contributed by atoms with E-state index >= 15 is 0 Å². The first kappa shape index (κ1) is 20.5. The maximum atomic E-state index is 13.5. The molecule has 0 saturated carbocycles. The molecular weight excluding hydrogens is 337 g/mol. The summed E-state index contributed by atoms with van der Waals surface area (Å²) in [5.74, 6) is -0.120. The molecule has 1 heterocycles. The highest BCUT2D eigenvalue weighted by Gasteiger charge is 2.21. The van der Waals surface area contributed by atoms with E-state index in [9.17, 15) is 9.50 Å². The molecule has 0 spiro atoms. The first-order valence-electron chi connectivity index (χ1n) is 9.25. The summed E-state index contributed by atoms with van der Waals surface area (Å²) in [7, 11) is 1.70. The third-order valence-corrected chi connectivity index (χ3v) is 4.35. The van der Waals surface area contributed by atoms with Crippen molar-refractivity contribution >= 4 is 5.96 Å². The van der Waals surface area contributed by atoms with Crippen molar-refractivity contribution in [1.82, 2.24) is 10.2 Å². The summed E-state index contributed by atoms with van der Waals surface area (Å²) in [4.78, 5) is 6.83. The highest BCUT2D eigenvalue weighted by molar-refractivity contribution is 5.80. The Labute approximate surface area is 155 Å². The van der Waals surface area contributed by atoms with Crippen molar-refractivity contribution in [2.75, 3.05) is 40.0 Å². The summed E-state index contributed by atoms with van der Waals surface area (Å²) in [6.45, 7) is 6.40. The van der Waals surface area contributed by atoms with Crippen LogP contribution >= 0.6 is 0 Å². The predicted octanol–water partition coefficient (Wildman–Crippen LogP) is 2.51. The Balaban J connectivity index is 1.86. The molecule has 1 saturated heterocycles. The van der Waals surface area contributed by atoms with Crippen LogP contribution in [0.1, 0.15) is 31.7 Å². The van der Waals surface area contributed by atoms with E-state index in [0.717, 1.165) is 63.6 Å². The molecule has 0 aromatic heterocycles. The number of phenolic OH excluding ortho intramolecular Hbond substituents is 1. The summed E-state index contributed by atoms with van der Waals surface area (Å²) in [5.41, 5.74) is 0.729. The smallest absolute Gasteiger partial charge is 0.194 e. The van der Waals surface area contributed by atoms with Gasteiger partial charge in [-0.25, -0.2) is 9.38 Å². The van der Waals surface area contributed by atoms with Crippen LogP contribution in [0.5, 0.6) is 5.75 Å². The molecule has 1 aliphatic heterocycles. The number of aliphatic imine (C=N–C) groups is 1. The molecule has 1 aromatic carbocycles. The van der Waals surface area contributed by atoms with E-state index in [4.69, 9.17) is 9.47 Å². The Kier molecular flexibility index (Phi) is 8.64. The summed E-state index contributed by atoms with van der Waals surface area (Å²) < 4.78 is 24.4. The Morgan fingerprint density at radius 3 is 2.77 bits per heavy atom. The zero-order valence-electron chi connectivity index (χ0n) is 15.7. The van der Waals surface area contributed by atoms with Gasteiger partial charge in [-0.2, -0.15) is 0 Å². The number of hydrogen-bond donors (Lipinski definition) is 2. The number of nitrogens with one attached hydrogen (secondary N) is 1. The molecule has 0 unspecified atom stereocenters. The van der Waals surface area contributed by atoms with Gasteiger partial charge in [0.05, 0.1) is 12.6 Å². The van der Waals surface area contributed by atoms with Crippen LogP contribution in [-0.2, 0) is 16.0 Å². The minimum atomic E-state index is -0.617. The van der Waals surface area contributed by atoms with Crippen LogP contribution in [0.4, 0.5) is 4.39 Å². The summed E-state index contributed by atoms with van der Waals surface area (Å²) >= 11 is 0. The lowest BCUT2D eigenvalue weighted by molar-refractivity contribution is 0.00990. The van der Waals surface area contributed by atoms with Crippen LogP contribution in [0.15, 0.2) is 23.2 Å². The lowest BCUT2D eigenvalue weighted by Gasteiger charge is -2.34. The van der Waals surface area contributed by atoms with E-state index in [2.05, 4.69) is 15.2 Å². The maximum absolute atomic E-state index is 13.5. The van der Waals surface area contributed by atoms with Crippen LogP contribution in [-0.4, -0.2) is 62.0 Å². The summed E-state index contributed by atoms with van der Waals surface area (Å²) in [6.07, 6.45) is 3.14. The van der Waals surface area contributed by atoms with Gasteiger partial charge in [0.2, 0.25) is 0 Å². The second kappa shape index (κ2) is 11.0. The molecule has 2 rings (SSSR count). The second-order valence-electron chi connectivity index (χ2n) is 6.36. The number of rotatable bonds is 8. The molecule has 0 bridgehead atoms. The molecule has 26 heavy (non-hydrogen) atoms. The Hall–Kier alpha value is -1.86. The fraction of sp³-hybridized carbons (Fsp3) is 0.632. The van der Waals surface area contributed by atoms with Crippen molar-refractivity contribution in [3.05, 3.63) is 29.6 Å². The number of benzene rings is 1. The fourth-order valence-corrected chi connectivity index (χ4v) is 2.93. The van der Waals surface area contributed by atoms with Gasteiger partial charge in [0.15, 0.2) is 17.5 Å². The minimum absolute atomic E-state index is 0.289. The van der Waals surface area contributed by atoms with E-state index < -0.39 is 5.82 Å².